The van der Waals surface area contributed by atoms with Gasteiger partial charge in [0.15, 0.2) is 0 Å². The molecule has 0 amide bonds. The molecule has 2 aliphatic rings. The van der Waals surface area contributed by atoms with Gasteiger partial charge in [-0.15, -0.1) is 0 Å². The van der Waals surface area contributed by atoms with Crippen LogP contribution < -0.4 is 0 Å². The second-order valence-corrected chi connectivity index (χ2v) is 8.37. The van der Waals surface area contributed by atoms with E-state index in [0.29, 0.717) is 35.1 Å². The molecule has 0 spiro atoms. The van der Waals surface area contributed by atoms with Crippen LogP contribution in [0.5, 0.6) is 0 Å². The average molecular weight is 454 g/mol. The molecular weight excluding hydrogens is 429 g/mol. The molecule has 0 N–H and O–H groups in total. The lowest BCUT2D eigenvalue weighted by molar-refractivity contribution is -0.108. The van der Waals surface area contributed by atoms with Crippen LogP contribution in [0.15, 0.2) is 53.7 Å². The van der Waals surface area contributed by atoms with Gasteiger partial charge in [0, 0.05) is 54.6 Å². The van der Waals surface area contributed by atoms with Crippen LogP contribution in [0.4, 0.5) is 4.39 Å². The molecule has 1 aliphatic carbocycles. The van der Waals surface area contributed by atoms with Gasteiger partial charge in [-0.1, -0.05) is 23.7 Å². The van der Waals surface area contributed by atoms with Gasteiger partial charge in [0.25, 0.3) is 0 Å². The third kappa shape index (κ3) is 4.38. The molecule has 5 rings (SSSR count). The van der Waals surface area contributed by atoms with Crippen molar-refractivity contribution in [2.24, 2.45) is 4.99 Å². The number of halogens is 2. The molecule has 0 radical (unpaired) electrons. The first kappa shape index (κ1) is 22.4. The number of imidazole rings is 1. The number of aldehydes is 1. The molecule has 2 heterocycles. The van der Waals surface area contributed by atoms with Crippen molar-refractivity contribution in [3.05, 3.63) is 82.1 Å². The minimum Gasteiger partial charge on any atom is -0.388 e. The summed E-state index contributed by atoms with van der Waals surface area (Å²) >= 11 is 6.34. The van der Waals surface area contributed by atoms with E-state index in [1.165, 1.54) is 6.07 Å². The Kier molecular flexibility index (Phi) is 6.82. The second-order valence-electron chi connectivity index (χ2n) is 7.94. The zero-order valence-electron chi connectivity index (χ0n) is 18.1. The number of aromatic nitrogens is 2. The number of carbonyl (C=O) groups is 1. The monoisotopic (exact) mass is 453 g/mol. The summed E-state index contributed by atoms with van der Waals surface area (Å²) < 4.78 is 21.2. The Morgan fingerprint density at radius 1 is 1.19 bits per heavy atom. The third-order valence-electron chi connectivity index (χ3n) is 5.54. The van der Waals surface area contributed by atoms with E-state index >= 15 is 0 Å². The van der Waals surface area contributed by atoms with Gasteiger partial charge in [-0.2, -0.15) is 0 Å². The van der Waals surface area contributed by atoms with Gasteiger partial charge >= 0.3 is 0 Å². The summed E-state index contributed by atoms with van der Waals surface area (Å²) in [4.78, 5) is 20.7. The van der Waals surface area contributed by atoms with Crippen LogP contribution in [0.1, 0.15) is 60.3 Å². The molecule has 7 heteroatoms. The van der Waals surface area contributed by atoms with E-state index in [1.54, 1.807) is 32.4 Å². The number of benzene rings is 2. The number of carbonyl (C=O) groups excluding carboxylic acids is 1. The molecule has 3 aromatic rings. The molecule has 5 nitrogen and oxygen atoms in total. The Hall–Kier alpha value is -2.83. The Labute approximate surface area is 191 Å². The quantitative estimate of drug-likeness (QED) is 0.467. The van der Waals surface area contributed by atoms with Gasteiger partial charge in [0.1, 0.15) is 24.0 Å². The maximum atomic E-state index is 14.8. The van der Waals surface area contributed by atoms with E-state index in [9.17, 15) is 9.18 Å². The zero-order chi connectivity index (χ0) is 22.7. The molecule has 2 aromatic carbocycles. The molecule has 0 bridgehead atoms. The van der Waals surface area contributed by atoms with Crippen LogP contribution >= 0.6 is 11.6 Å². The van der Waals surface area contributed by atoms with Crippen molar-refractivity contribution >= 4 is 23.6 Å². The first-order valence-corrected chi connectivity index (χ1v) is 11.0. The Balaban J connectivity index is 0.000000775. The van der Waals surface area contributed by atoms with E-state index in [1.807, 2.05) is 24.4 Å². The van der Waals surface area contributed by atoms with Crippen molar-refractivity contribution in [3.8, 4) is 5.69 Å². The Bertz CT molecular complexity index is 1150. The van der Waals surface area contributed by atoms with Crippen LogP contribution in [0, 0.1) is 5.82 Å². The minimum atomic E-state index is -0.340. The van der Waals surface area contributed by atoms with Crippen molar-refractivity contribution < 1.29 is 13.9 Å². The van der Waals surface area contributed by atoms with Crippen molar-refractivity contribution in [2.75, 3.05) is 14.2 Å². The van der Waals surface area contributed by atoms with Crippen LogP contribution in [0.2, 0.25) is 5.02 Å². The maximum absolute atomic E-state index is 14.8. The molecular formula is C25H25ClFN3O2. The highest BCUT2D eigenvalue weighted by Gasteiger charge is 2.34. The summed E-state index contributed by atoms with van der Waals surface area (Å²) in [6.45, 7) is 0. The van der Waals surface area contributed by atoms with Crippen molar-refractivity contribution in [1.82, 2.24) is 9.55 Å². The second kappa shape index (κ2) is 9.76. The number of hydrogen-bond donors (Lipinski definition) is 0. The molecule has 0 saturated heterocycles. The third-order valence-corrected chi connectivity index (χ3v) is 5.77. The first-order chi connectivity index (χ1) is 15.6. The smallest absolute Gasteiger partial charge is 0.138 e. The number of methoxy groups -OCH3 is 1. The lowest BCUT2D eigenvalue weighted by Crippen LogP contribution is -2.10. The lowest BCUT2D eigenvalue weighted by atomic mass is 9.99. The summed E-state index contributed by atoms with van der Waals surface area (Å²) in [6.07, 6.45) is 5.96. The van der Waals surface area contributed by atoms with Gasteiger partial charge in [0.05, 0.1) is 11.4 Å². The average Bonchev–Trinajstić information content (AvgIpc) is 3.56. The fourth-order valence-electron chi connectivity index (χ4n) is 4.01. The lowest BCUT2D eigenvalue weighted by Gasteiger charge is -2.15. The van der Waals surface area contributed by atoms with Crippen molar-refractivity contribution in [1.29, 1.82) is 0 Å². The molecule has 1 aliphatic heterocycles. The molecule has 0 unspecified atom stereocenters. The van der Waals surface area contributed by atoms with E-state index in [4.69, 9.17) is 21.6 Å². The summed E-state index contributed by atoms with van der Waals surface area (Å²) in [5.41, 5.74) is 3.79. The number of nitrogens with zero attached hydrogens (tertiary/aromatic N) is 3. The van der Waals surface area contributed by atoms with Crippen LogP contribution in [-0.2, 0) is 9.53 Å². The predicted octanol–water partition coefficient (Wildman–Crippen LogP) is 5.68. The molecule has 1 aromatic heterocycles. The summed E-state index contributed by atoms with van der Waals surface area (Å²) in [6, 6.07) is 11.9. The summed E-state index contributed by atoms with van der Waals surface area (Å²) in [7, 11) is 3.25. The fourth-order valence-corrected chi connectivity index (χ4v) is 4.18. The van der Waals surface area contributed by atoms with Gasteiger partial charge in [-0.05, 0) is 49.6 Å². The summed E-state index contributed by atoms with van der Waals surface area (Å²) in [5, 5.41) is 0.564. The van der Waals surface area contributed by atoms with E-state index in [2.05, 4.69) is 9.30 Å². The van der Waals surface area contributed by atoms with E-state index in [0.717, 1.165) is 41.9 Å². The molecule has 166 valence electrons. The number of fused-ring (bicyclic) bond motifs is 3. The highest BCUT2D eigenvalue weighted by atomic mass is 35.5. The van der Waals surface area contributed by atoms with Crippen molar-refractivity contribution in [2.45, 2.75) is 37.6 Å². The SMILES string of the molecule is COC.O=CCC[C@@H]1N=C(c2ccccc2F)c2cc(Cl)ccc2-n2c(C3CC3)cnc21. The number of ether oxygens (including phenoxy) is 1. The normalized spacial score (nSPS) is 16.8. The van der Waals surface area contributed by atoms with Gasteiger partial charge < -0.3 is 9.53 Å². The van der Waals surface area contributed by atoms with Gasteiger partial charge in [0.2, 0.25) is 0 Å². The topological polar surface area (TPSA) is 56.5 Å². The van der Waals surface area contributed by atoms with Crippen molar-refractivity contribution in [3.63, 3.8) is 0 Å². The molecule has 1 atom stereocenters. The molecule has 32 heavy (non-hydrogen) atoms. The Morgan fingerprint density at radius 2 is 1.94 bits per heavy atom. The van der Waals surface area contributed by atoms with Crippen LogP contribution in [0.3, 0.4) is 0 Å². The largest absolute Gasteiger partial charge is 0.388 e. The number of aliphatic imine (C=N–C) groups is 1. The minimum absolute atomic E-state index is 0.339. The zero-order valence-corrected chi connectivity index (χ0v) is 18.8. The standard InChI is InChI=1S/C23H19ClFN3O.C2H6O/c24-15-9-10-20-17(12-15)22(16-4-1-2-5-18(16)25)27-19(6-3-11-29)23-26-13-21(28(20)23)14-7-8-14;1-3-2/h1-2,4-5,9-14,19H,3,6-8H2;1-2H3/t19-;/m0./s1. The molecule has 1 fully saturated rings. The summed E-state index contributed by atoms with van der Waals surface area (Å²) in [5.74, 6) is 0.929. The number of rotatable bonds is 5. The first-order valence-electron chi connectivity index (χ1n) is 10.6. The Morgan fingerprint density at radius 3 is 2.62 bits per heavy atom. The van der Waals surface area contributed by atoms with Gasteiger partial charge in [-0.3, -0.25) is 9.56 Å². The maximum Gasteiger partial charge on any atom is 0.138 e. The number of hydrogen-bond acceptors (Lipinski definition) is 4. The van der Waals surface area contributed by atoms with Gasteiger partial charge in [-0.25, -0.2) is 9.37 Å². The fraction of sp³-hybridized carbons (Fsp3) is 0.320. The van der Waals surface area contributed by atoms with Crippen LogP contribution in [0.25, 0.3) is 5.69 Å². The molecule has 1 saturated carbocycles. The van der Waals surface area contributed by atoms with E-state index in [-0.39, 0.29) is 11.9 Å². The van der Waals surface area contributed by atoms with E-state index < -0.39 is 0 Å². The highest BCUT2D eigenvalue weighted by molar-refractivity contribution is 6.31. The predicted molar refractivity (Wildman–Crippen MR) is 124 cm³/mol. The van der Waals surface area contributed by atoms with Crippen LogP contribution in [-0.4, -0.2) is 35.8 Å². The highest BCUT2D eigenvalue weighted by Crippen LogP contribution is 2.44.